The Kier molecular flexibility index (Phi) is 6.36. The van der Waals surface area contributed by atoms with Crippen molar-refractivity contribution in [2.75, 3.05) is 0 Å². The molecule has 0 atom stereocenters. The van der Waals surface area contributed by atoms with Crippen LogP contribution in [0.25, 0.3) is 97.8 Å². The van der Waals surface area contributed by atoms with E-state index in [1.54, 1.807) is 0 Å². The Hall–Kier alpha value is -6.23. The summed E-state index contributed by atoms with van der Waals surface area (Å²) in [7, 11) is 0. The summed E-state index contributed by atoms with van der Waals surface area (Å²) < 4.78 is 2.53. The van der Waals surface area contributed by atoms with Gasteiger partial charge in [-0.25, -0.2) is 15.0 Å². The molecule has 0 aliphatic heterocycles. The standard InChI is InChI=1S/C45H27N3S/c1-2-8-28(9-3-1)29-14-16-31(17-15-29)43-46-44(48-45(47-43)34-21-25-42-40(27-34)39-12-6-7-13-41(39)49-42)33-20-22-36-32(26-33)19-24-37-35-11-5-4-10-30(35)18-23-38(36)37/h1-27H. The van der Waals surface area contributed by atoms with Crippen LogP contribution in [0, 0.1) is 0 Å². The second-order valence-corrected chi connectivity index (χ2v) is 13.5. The molecule has 0 aliphatic rings. The lowest BCUT2D eigenvalue weighted by atomic mass is 9.96. The largest absolute Gasteiger partial charge is 0.208 e. The van der Waals surface area contributed by atoms with E-state index in [1.807, 2.05) is 17.4 Å². The van der Waals surface area contributed by atoms with Crippen LogP contribution < -0.4 is 0 Å². The Labute approximate surface area is 286 Å². The molecule has 0 N–H and O–H groups in total. The number of benzene rings is 8. The van der Waals surface area contributed by atoms with Crippen LogP contribution in [-0.2, 0) is 0 Å². The second-order valence-electron chi connectivity index (χ2n) is 12.4. The zero-order valence-corrected chi connectivity index (χ0v) is 27.2. The molecule has 10 aromatic rings. The molecule has 49 heavy (non-hydrogen) atoms. The summed E-state index contributed by atoms with van der Waals surface area (Å²) in [6, 6.07) is 58.1. The van der Waals surface area contributed by atoms with Crippen molar-refractivity contribution in [2.24, 2.45) is 0 Å². The Balaban J connectivity index is 1.14. The smallest absolute Gasteiger partial charge is 0.164 e. The first-order chi connectivity index (χ1) is 24.2. The van der Waals surface area contributed by atoms with E-state index in [2.05, 4.69) is 158 Å². The van der Waals surface area contributed by atoms with Crippen LogP contribution >= 0.6 is 11.3 Å². The Bertz CT molecular complexity index is 2870. The molecule has 0 radical (unpaired) electrons. The molecule has 10 rings (SSSR count). The van der Waals surface area contributed by atoms with Gasteiger partial charge in [0.25, 0.3) is 0 Å². The number of thiophene rings is 1. The highest BCUT2D eigenvalue weighted by atomic mass is 32.1. The van der Waals surface area contributed by atoms with Crippen molar-refractivity contribution in [3.8, 4) is 45.3 Å². The van der Waals surface area contributed by atoms with Crippen LogP contribution in [-0.4, -0.2) is 15.0 Å². The first-order valence-electron chi connectivity index (χ1n) is 16.4. The SMILES string of the molecule is c1ccc(-c2ccc(-c3nc(-c4ccc5c(ccc6c7ccccc7ccc56)c4)nc(-c4ccc5sc6ccccc6c5c4)n3)cc2)cc1. The lowest BCUT2D eigenvalue weighted by Crippen LogP contribution is -2.00. The minimum Gasteiger partial charge on any atom is -0.208 e. The number of fused-ring (bicyclic) bond motifs is 8. The van der Waals surface area contributed by atoms with Gasteiger partial charge in [0, 0.05) is 36.9 Å². The quantitative estimate of drug-likeness (QED) is 0.180. The molecule has 0 fully saturated rings. The van der Waals surface area contributed by atoms with Gasteiger partial charge in [-0.3, -0.25) is 0 Å². The molecular weight excluding hydrogens is 615 g/mol. The highest BCUT2D eigenvalue weighted by Crippen LogP contribution is 2.37. The molecule has 0 saturated heterocycles. The fraction of sp³-hybridized carbons (Fsp3) is 0. The minimum absolute atomic E-state index is 0.653. The van der Waals surface area contributed by atoms with E-state index < -0.39 is 0 Å². The maximum atomic E-state index is 5.13. The molecule has 2 heterocycles. The van der Waals surface area contributed by atoms with E-state index in [0.717, 1.165) is 27.6 Å². The number of nitrogens with zero attached hydrogens (tertiary/aromatic N) is 3. The summed E-state index contributed by atoms with van der Waals surface area (Å²) in [4.78, 5) is 15.3. The van der Waals surface area contributed by atoms with Gasteiger partial charge < -0.3 is 0 Å². The highest BCUT2D eigenvalue weighted by Gasteiger charge is 2.15. The first-order valence-corrected chi connectivity index (χ1v) is 17.3. The van der Waals surface area contributed by atoms with Crippen molar-refractivity contribution in [2.45, 2.75) is 0 Å². The molecule has 0 amide bonds. The van der Waals surface area contributed by atoms with Crippen LogP contribution in [0.15, 0.2) is 164 Å². The maximum Gasteiger partial charge on any atom is 0.164 e. The molecule has 8 aromatic carbocycles. The second kappa shape index (κ2) is 11.2. The number of hydrogen-bond donors (Lipinski definition) is 0. The van der Waals surface area contributed by atoms with Crippen molar-refractivity contribution >= 4 is 63.8 Å². The molecular formula is C45H27N3S. The molecule has 3 nitrogen and oxygen atoms in total. The van der Waals surface area contributed by atoms with Crippen LogP contribution in [0.2, 0.25) is 0 Å². The zero-order chi connectivity index (χ0) is 32.3. The average molecular weight is 642 g/mol. The van der Waals surface area contributed by atoms with E-state index in [0.29, 0.717) is 17.5 Å². The van der Waals surface area contributed by atoms with Crippen LogP contribution in [0.4, 0.5) is 0 Å². The topological polar surface area (TPSA) is 38.7 Å². The number of aromatic nitrogens is 3. The van der Waals surface area contributed by atoms with Crippen LogP contribution in [0.1, 0.15) is 0 Å². The van der Waals surface area contributed by atoms with Gasteiger partial charge in [0.05, 0.1) is 0 Å². The van der Waals surface area contributed by atoms with Crippen molar-refractivity contribution in [1.82, 2.24) is 15.0 Å². The lowest BCUT2D eigenvalue weighted by molar-refractivity contribution is 1.08. The number of rotatable bonds is 4. The molecule has 0 aliphatic carbocycles. The van der Waals surface area contributed by atoms with Gasteiger partial charge in [-0.2, -0.15) is 0 Å². The maximum absolute atomic E-state index is 5.13. The van der Waals surface area contributed by atoms with Gasteiger partial charge in [0.1, 0.15) is 0 Å². The van der Waals surface area contributed by atoms with E-state index >= 15 is 0 Å². The Morgan fingerprint density at radius 2 is 0.796 bits per heavy atom. The highest BCUT2D eigenvalue weighted by molar-refractivity contribution is 7.25. The van der Waals surface area contributed by atoms with Crippen molar-refractivity contribution < 1.29 is 0 Å². The summed E-state index contributed by atoms with van der Waals surface area (Å²) >= 11 is 1.81. The van der Waals surface area contributed by atoms with Crippen LogP contribution in [0.3, 0.4) is 0 Å². The Morgan fingerprint density at radius 1 is 0.286 bits per heavy atom. The van der Waals surface area contributed by atoms with E-state index in [9.17, 15) is 0 Å². The molecule has 2 aromatic heterocycles. The van der Waals surface area contributed by atoms with E-state index in [4.69, 9.17) is 15.0 Å². The van der Waals surface area contributed by atoms with Gasteiger partial charge in [-0.05, 0) is 73.8 Å². The Morgan fingerprint density at radius 3 is 1.59 bits per heavy atom. The van der Waals surface area contributed by atoms with Crippen molar-refractivity contribution in [3.05, 3.63) is 164 Å². The average Bonchev–Trinajstić information content (AvgIpc) is 3.56. The third-order valence-corrected chi connectivity index (χ3v) is 10.7. The van der Waals surface area contributed by atoms with Gasteiger partial charge in [-0.1, -0.05) is 133 Å². The van der Waals surface area contributed by atoms with Gasteiger partial charge in [0.15, 0.2) is 17.5 Å². The van der Waals surface area contributed by atoms with Gasteiger partial charge in [0.2, 0.25) is 0 Å². The molecule has 4 heteroatoms. The zero-order valence-electron chi connectivity index (χ0n) is 26.3. The minimum atomic E-state index is 0.653. The lowest BCUT2D eigenvalue weighted by Gasteiger charge is -2.11. The summed E-state index contributed by atoms with van der Waals surface area (Å²) in [6.07, 6.45) is 0. The third-order valence-electron chi connectivity index (χ3n) is 9.52. The molecule has 0 unspecified atom stereocenters. The summed E-state index contributed by atoms with van der Waals surface area (Å²) in [5.74, 6) is 1.97. The van der Waals surface area contributed by atoms with Crippen molar-refractivity contribution in [1.29, 1.82) is 0 Å². The fourth-order valence-electron chi connectivity index (χ4n) is 7.04. The predicted octanol–water partition coefficient (Wildman–Crippen LogP) is 12.4. The third kappa shape index (κ3) is 4.76. The first kappa shape index (κ1) is 27.8. The monoisotopic (exact) mass is 641 g/mol. The van der Waals surface area contributed by atoms with E-state index in [1.165, 1.54) is 52.7 Å². The predicted molar refractivity (Wildman–Crippen MR) is 207 cm³/mol. The van der Waals surface area contributed by atoms with Gasteiger partial charge in [-0.15, -0.1) is 11.3 Å². The van der Waals surface area contributed by atoms with Crippen molar-refractivity contribution in [3.63, 3.8) is 0 Å². The summed E-state index contributed by atoms with van der Waals surface area (Å²) in [5, 5.41) is 9.87. The van der Waals surface area contributed by atoms with Crippen LogP contribution in [0.5, 0.6) is 0 Å². The molecule has 228 valence electrons. The number of hydrogen-bond acceptors (Lipinski definition) is 4. The normalized spacial score (nSPS) is 11.7. The molecule has 0 spiro atoms. The van der Waals surface area contributed by atoms with Gasteiger partial charge >= 0.3 is 0 Å². The summed E-state index contributed by atoms with van der Waals surface area (Å²) in [6.45, 7) is 0. The summed E-state index contributed by atoms with van der Waals surface area (Å²) in [5.41, 5.74) is 5.22. The fourth-order valence-corrected chi connectivity index (χ4v) is 8.13. The molecule has 0 saturated carbocycles. The van der Waals surface area contributed by atoms with E-state index in [-0.39, 0.29) is 0 Å². The molecule has 0 bridgehead atoms.